The van der Waals surface area contributed by atoms with E-state index in [9.17, 15) is 4.79 Å². The van der Waals surface area contributed by atoms with Crippen molar-refractivity contribution in [2.75, 3.05) is 26.7 Å². The molecule has 0 saturated carbocycles. The van der Waals surface area contributed by atoms with Crippen molar-refractivity contribution in [1.82, 2.24) is 15.5 Å². The van der Waals surface area contributed by atoms with Crippen molar-refractivity contribution >= 4 is 6.03 Å². The molecule has 1 fully saturated rings. The van der Waals surface area contributed by atoms with E-state index in [4.69, 9.17) is 0 Å². The minimum Gasteiger partial charge on any atom is -0.341 e. The van der Waals surface area contributed by atoms with Gasteiger partial charge in [0.1, 0.15) is 0 Å². The summed E-state index contributed by atoms with van der Waals surface area (Å²) in [7, 11) is 1.69. The molecule has 0 aromatic rings. The van der Waals surface area contributed by atoms with E-state index in [0.29, 0.717) is 12.0 Å². The third-order valence-electron chi connectivity index (χ3n) is 3.23. The largest absolute Gasteiger partial charge is 0.341 e. The fraction of sp³-hybridized carbons (Fsp3) is 0.909. The summed E-state index contributed by atoms with van der Waals surface area (Å²) in [6.45, 7) is 7.10. The summed E-state index contributed by atoms with van der Waals surface area (Å²) in [4.78, 5) is 13.4. The van der Waals surface area contributed by atoms with Gasteiger partial charge in [0.15, 0.2) is 0 Å². The van der Waals surface area contributed by atoms with Crippen LogP contribution < -0.4 is 10.6 Å². The van der Waals surface area contributed by atoms with Gasteiger partial charge in [0, 0.05) is 26.2 Å². The molecule has 2 amide bonds. The lowest BCUT2D eigenvalue weighted by molar-refractivity contribution is 0.144. The first-order valence-electron chi connectivity index (χ1n) is 5.92. The summed E-state index contributed by atoms with van der Waals surface area (Å²) < 4.78 is 0. The third kappa shape index (κ3) is 3.09. The molecule has 0 bridgehead atoms. The van der Waals surface area contributed by atoms with Gasteiger partial charge in [0.25, 0.3) is 0 Å². The highest BCUT2D eigenvalue weighted by Gasteiger charge is 2.29. The fourth-order valence-corrected chi connectivity index (χ4v) is 2.32. The smallest absolute Gasteiger partial charge is 0.317 e. The van der Waals surface area contributed by atoms with Crippen molar-refractivity contribution in [1.29, 1.82) is 0 Å². The van der Waals surface area contributed by atoms with Crippen LogP contribution in [-0.2, 0) is 0 Å². The van der Waals surface area contributed by atoms with Crippen molar-refractivity contribution in [2.24, 2.45) is 5.92 Å². The van der Waals surface area contributed by atoms with E-state index in [1.54, 1.807) is 7.05 Å². The van der Waals surface area contributed by atoms with Gasteiger partial charge < -0.3 is 15.5 Å². The zero-order valence-electron chi connectivity index (χ0n) is 10.0. The van der Waals surface area contributed by atoms with Crippen molar-refractivity contribution in [3.8, 4) is 0 Å². The predicted octanol–water partition coefficient (Wildman–Crippen LogP) is 1.04. The summed E-state index contributed by atoms with van der Waals surface area (Å²) in [5.74, 6) is 0.594. The maximum atomic E-state index is 11.5. The Labute approximate surface area is 92.4 Å². The van der Waals surface area contributed by atoms with Crippen LogP contribution in [0.3, 0.4) is 0 Å². The zero-order chi connectivity index (χ0) is 11.3. The number of hydrogen-bond donors (Lipinski definition) is 2. The Balaban J connectivity index is 2.50. The molecule has 1 rings (SSSR count). The van der Waals surface area contributed by atoms with Crippen LogP contribution in [0, 0.1) is 5.92 Å². The minimum absolute atomic E-state index is 0.0587. The second-order valence-corrected chi connectivity index (χ2v) is 4.12. The summed E-state index contributed by atoms with van der Waals surface area (Å²) >= 11 is 0. The molecule has 1 saturated heterocycles. The van der Waals surface area contributed by atoms with Gasteiger partial charge in [-0.05, 0) is 18.9 Å². The Morgan fingerprint density at radius 1 is 1.47 bits per heavy atom. The van der Waals surface area contributed by atoms with E-state index in [1.807, 2.05) is 4.90 Å². The van der Waals surface area contributed by atoms with Crippen molar-refractivity contribution in [2.45, 2.75) is 32.7 Å². The molecule has 1 aliphatic heterocycles. The molecular weight excluding hydrogens is 190 g/mol. The lowest BCUT2D eigenvalue weighted by Gasteiger charge is -2.38. The van der Waals surface area contributed by atoms with Crippen LogP contribution in [0.5, 0.6) is 0 Å². The molecule has 0 aliphatic carbocycles. The van der Waals surface area contributed by atoms with Crippen LogP contribution in [0.2, 0.25) is 0 Å². The van der Waals surface area contributed by atoms with Crippen molar-refractivity contribution < 1.29 is 4.79 Å². The molecule has 4 heteroatoms. The van der Waals surface area contributed by atoms with Gasteiger partial charge in [-0.15, -0.1) is 0 Å². The van der Waals surface area contributed by atoms with Gasteiger partial charge in [0.05, 0.1) is 0 Å². The lowest BCUT2D eigenvalue weighted by Crippen LogP contribution is -2.52. The highest BCUT2D eigenvalue weighted by Crippen LogP contribution is 2.20. The Hall–Kier alpha value is -0.770. The van der Waals surface area contributed by atoms with Gasteiger partial charge in [-0.25, -0.2) is 4.79 Å². The second-order valence-electron chi connectivity index (χ2n) is 4.12. The Morgan fingerprint density at radius 2 is 2.20 bits per heavy atom. The summed E-state index contributed by atoms with van der Waals surface area (Å²) in [6.07, 6.45) is 2.20. The molecule has 0 aromatic heterocycles. The summed E-state index contributed by atoms with van der Waals surface area (Å²) in [6, 6.07) is 0.643. The number of urea groups is 1. The Kier molecular flexibility index (Phi) is 4.88. The SMILES string of the molecule is CCNC1CCN(C(=O)NC)CC1CC. The number of rotatable bonds is 3. The average molecular weight is 213 g/mol. The first-order chi connectivity index (χ1) is 7.22. The number of likely N-dealkylation sites (tertiary alicyclic amines) is 1. The zero-order valence-corrected chi connectivity index (χ0v) is 10.0. The molecule has 15 heavy (non-hydrogen) atoms. The normalized spacial score (nSPS) is 26.5. The minimum atomic E-state index is 0.0587. The predicted molar refractivity (Wildman–Crippen MR) is 61.9 cm³/mol. The fourth-order valence-electron chi connectivity index (χ4n) is 2.32. The third-order valence-corrected chi connectivity index (χ3v) is 3.23. The Bertz CT molecular complexity index is 208. The van der Waals surface area contributed by atoms with Crippen LogP contribution in [-0.4, -0.2) is 43.7 Å². The molecule has 0 radical (unpaired) electrons. The van der Waals surface area contributed by atoms with Gasteiger partial charge in [-0.3, -0.25) is 0 Å². The molecule has 0 aromatic carbocycles. The van der Waals surface area contributed by atoms with E-state index in [1.165, 1.54) is 0 Å². The molecule has 2 N–H and O–H groups in total. The number of hydrogen-bond acceptors (Lipinski definition) is 2. The second kappa shape index (κ2) is 5.95. The molecular formula is C11H23N3O. The number of nitrogens with one attached hydrogen (secondary N) is 2. The van der Waals surface area contributed by atoms with Crippen molar-refractivity contribution in [3.63, 3.8) is 0 Å². The van der Waals surface area contributed by atoms with Gasteiger partial charge in [-0.2, -0.15) is 0 Å². The molecule has 4 nitrogen and oxygen atoms in total. The highest BCUT2D eigenvalue weighted by molar-refractivity contribution is 5.73. The number of amides is 2. The number of carbonyl (C=O) groups is 1. The highest BCUT2D eigenvalue weighted by atomic mass is 16.2. The van der Waals surface area contributed by atoms with Crippen LogP contribution in [0.4, 0.5) is 4.79 Å². The molecule has 1 heterocycles. The molecule has 2 atom stereocenters. The molecule has 0 spiro atoms. The first kappa shape index (κ1) is 12.3. The van der Waals surface area contributed by atoms with E-state index in [0.717, 1.165) is 32.5 Å². The topological polar surface area (TPSA) is 44.4 Å². The molecule has 88 valence electrons. The first-order valence-corrected chi connectivity index (χ1v) is 5.92. The van der Waals surface area contributed by atoms with Crippen LogP contribution in [0.1, 0.15) is 26.7 Å². The number of carbonyl (C=O) groups excluding carboxylic acids is 1. The van der Waals surface area contributed by atoms with E-state index < -0.39 is 0 Å². The van der Waals surface area contributed by atoms with Gasteiger partial charge in [-0.1, -0.05) is 20.3 Å². The molecule has 1 aliphatic rings. The molecule has 2 unspecified atom stereocenters. The van der Waals surface area contributed by atoms with Crippen LogP contribution >= 0.6 is 0 Å². The maximum Gasteiger partial charge on any atom is 0.317 e. The van der Waals surface area contributed by atoms with Crippen LogP contribution in [0.15, 0.2) is 0 Å². The van der Waals surface area contributed by atoms with Crippen LogP contribution in [0.25, 0.3) is 0 Å². The van der Waals surface area contributed by atoms with E-state index in [2.05, 4.69) is 24.5 Å². The maximum absolute atomic E-state index is 11.5. The van der Waals surface area contributed by atoms with E-state index in [-0.39, 0.29) is 6.03 Å². The summed E-state index contributed by atoms with van der Waals surface area (Å²) in [5, 5.41) is 6.20. The average Bonchev–Trinajstić information content (AvgIpc) is 2.29. The standard InChI is InChI=1S/C11H23N3O/c1-4-9-8-14(11(15)12-3)7-6-10(9)13-5-2/h9-10,13H,4-8H2,1-3H3,(H,12,15). The number of piperidine rings is 1. The monoisotopic (exact) mass is 213 g/mol. The van der Waals surface area contributed by atoms with E-state index >= 15 is 0 Å². The van der Waals surface area contributed by atoms with Gasteiger partial charge >= 0.3 is 6.03 Å². The lowest BCUT2D eigenvalue weighted by atomic mass is 9.90. The Morgan fingerprint density at radius 3 is 2.73 bits per heavy atom. The summed E-state index contributed by atoms with van der Waals surface area (Å²) in [5.41, 5.74) is 0. The van der Waals surface area contributed by atoms with Gasteiger partial charge in [0.2, 0.25) is 0 Å². The quantitative estimate of drug-likeness (QED) is 0.735. The number of nitrogens with zero attached hydrogens (tertiary/aromatic N) is 1. The van der Waals surface area contributed by atoms with Crippen molar-refractivity contribution in [3.05, 3.63) is 0 Å².